The molecule has 0 saturated carbocycles. The number of likely N-dealkylation sites (tertiary alicyclic amines) is 1. The number of rotatable bonds is 14. The number of hydrogen-bond donors (Lipinski definition) is 1. The summed E-state index contributed by atoms with van der Waals surface area (Å²) in [6, 6.07) is -0.337. The Labute approximate surface area is 226 Å². The number of thiazole rings is 1. The number of piperidine rings is 1. The Morgan fingerprint density at radius 2 is 1.95 bits per heavy atom. The Morgan fingerprint density at radius 1 is 1.24 bits per heavy atom. The Kier molecular flexibility index (Phi) is 12.7. The first kappa shape index (κ1) is 31.4. The Bertz CT molecular complexity index is 889. The third-order valence-electron chi connectivity index (χ3n) is 7.79. The quantitative estimate of drug-likeness (QED) is 0.343. The SMILES string of the molecule is CCCN(C(=O)[C@@H](CC(=O)[C@H]1CCCCN1C)[C@@H](C)CC)[C@H](C[C@@H](O)c1nc(C(=O)OC)cs1)C(C)C. The summed E-state index contributed by atoms with van der Waals surface area (Å²) in [5.41, 5.74) is 0.173. The molecule has 1 amide bonds. The molecule has 0 aliphatic carbocycles. The summed E-state index contributed by atoms with van der Waals surface area (Å²) in [5, 5.41) is 13.1. The molecule has 0 spiro atoms. The van der Waals surface area contributed by atoms with Crippen LogP contribution in [0.2, 0.25) is 0 Å². The maximum atomic E-state index is 14.1. The largest absolute Gasteiger partial charge is 0.464 e. The van der Waals surface area contributed by atoms with E-state index in [9.17, 15) is 19.5 Å². The fourth-order valence-corrected chi connectivity index (χ4v) is 6.06. The van der Waals surface area contributed by atoms with Crippen molar-refractivity contribution in [3.8, 4) is 0 Å². The van der Waals surface area contributed by atoms with Crippen molar-refractivity contribution in [2.24, 2.45) is 17.8 Å². The number of carbonyl (C=O) groups excluding carboxylic acids is 3. The molecule has 2 rings (SSSR count). The van der Waals surface area contributed by atoms with Gasteiger partial charge in [0.05, 0.1) is 13.2 Å². The van der Waals surface area contributed by atoms with Crippen LogP contribution in [-0.4, -0.2) is 76.9 Å². The van der Waals surface area contributed by atoms with E-state index in [4.69, 9.17) is 4.74 Å². The molecule has 8 nitrogen and oxygen atoms in total. The lowest BCUT2D eigenvalue weighted by molar-refractivity contribution is -0.144. The van der Waals surface area contributed by atoms with Crippen molar-refractivity contribution in [3.05, 3.63) is 16.1 Å². The number of aliphatic hydroxyl groups is 1. The van der Waals surface area contributed by atoms with Crippen molar-refractivity contribution in [2.75, 3.05) is 27.2 Å². The topological polar surface area (TPSA) is 100 Å². The van der Waals surface area contributed by atoms with Gasteiger partial charge in [0.1, 0.15) is 11.1 Å². The lowest BCUT2D eigenvalue weighted by Crippen LogP contribution is -2.50. The van der Waals surface area contributed by atoms with Crippen LogP contribution in [0.25, 0.3) is 0 Å². The average molecular weight is 538 g/mol. The number of nitrogens with zero attached hydrogens (tertiary/aromatic N) is 3. The summed E-state index contributed by atoms with van der Waals surface area (Å²) in [4.78, 5) is 47.6. The summed E-state index contributed by atoms with van der Waals surface area (Å²) < 4.78 is 4.73. The summed E-state index contributed by atoms with van der Waals surface area (Å²) in [6.45, 7) is 11.8. The molecule has 1 aromatic rings. The minimum absolute atomic E-state index is 0.00306. The number of ketones is 1. The van der Waals surface area contributed by atoms with Gasteiger partial charge in [0.2, 0.25) is 5.91 Å². The van der Waals surface area contributed by atoms with Crippen LogP contribution < -0.4 is 0 Å². The minimum atomic E-state index is -0.914. The van der Waals surface area contributed by atoms with E-state index in [0.29, 0.717) is 18.0 Å². The standard InChI is InChI=1S/C28H47N3O5S/c1-8-13-31(23(18(3)4)16-25(33)26-29-21(17-37-26)28(35)36-7)27(34)20(19(5)9-2)15-24(32)22-12-10-11-14-30(22)6/h17-20,22-23,25,33H,8-16H2,1-7H3/t19-,20-,22+,23+,25+/m0/s1. The van der Waals surface area contributed by atoms with E-state index in [0.717, 1.165) is 38.6 Å². The number of methoxy groups -OCH3 is 1. The van der Waals surface area contributed by atoms with Gasteiger partial charge in [-0.15, -0.1) is 11.3 Å². The van der Waals surface area contributed by atoms with E-state index in [1.165, 1.54) is 18.4 Å². The van der Waals surface area contributed by atoms with Gasteiger partial charge in [0.25, 0.3) is 0 Å². The third-order valence-corrected chi connectivity index (χ3v) is 8.74. The molecule has 1 aliphatic rings. The highest BCUT2D eigenvalue weighted by atomic mass is 32.1. The van der Waals surface area contributed by atoms with Gasteiger partial charge >= 0.3 is 5.97 Å². The van der Waals surface area contributed by atoms with E-state index in [1.807, 2.05) is 18.9 Å². The van der Waals surface area contributed by atoms with Crippen LogP contribution >= 0.6 is 11.3 Å². The molecule has 1 aromatic heterocycles. The van der Waals surface area contributed by atoms with E-state index in [2.05, 4.69) is 37.6 Å². The zero-order valence-corrected chi connectivity index (χ0v) is 24.6. The second-order valence-electron chi connectivity index (χ2n) is 10.8. The molecule has 0 unspecified atom stereocenters. The first-order chi connectivity index (χ1) is 17.5. The zero-order chi connectivity index (χ0) is 27.7. The molecule has 5 atom stereocenters. The molecular weight excluding hydrogens is 490 g/mol. The Hall–Kier alpha value is -1.84. The smallest absolute Gasteiger partial charge is 0.357 e. The van der Waals surface area contributed by atoms with E-state index < -0.39 is 12.1 Å². The summed E-state index contributed by atoms with van der Waals surface area (Å²) in [6.07, 6.45) is 4.26. The number of aromatic nitrogens is 1. The minimum Gasteiger partial charge on any atom is -0.464 e. The highest BCUT2D eigenvalue weighted by Crippen LogP contribution is 2.31. The number of carbonyl (C=O) groups is 3. The highest BCUT2D eigenvalue weighted by Gasteiger charge is 2.38. The lowest BCUT2D eigenvalue weighted by atomic mass is 9.82. The molecule has 9 heteroatoms. The molecule has 1 saturated heterocycles. The predicted molar refractivity (Wildman–Crippen MR) is 146 cm³/mol. The fourth-order valence-electron chi connectivity index (χ4n) is 5.27. The van der Waals surface area contributed by atoms with Crippen LogP contribution in [0.4, 0.5) is 0 Å². The van der Waals surface area contributed by atoms with E-state index in [1.54, 1.807) is 5.38 Å². The van der Waals surface area contributed by atoms with Crippen molar-refractivity contribution in [1.82, 2.24) is 14.8 Å². The Balaban J connectivity index is 2.27. The first-order valence-electron chi connectivity index (χ1n) is 13.8. The monoisotopic (exact) mass is 537 g/mol. The van der Waals surface area contributed by atoms with E-state index >= 15 is 0 Å². The number of hydrogen-bond acceptors (Lipinski definition) is 8. The summed E-state index contributed by atoms with van der Waals surface area (Å²) in [7, 11) is 3.30. The normalized spacial score (nSPS) is 19.8. The lowest BCUT2D eigenvalue weighted by Gasteiger charge is -2.39. The summed E-state index contributed by atoms with van der Waals surface area (Å²) >= 11 is 1.21. The van der Waals surface area contributed by atoms with Gasteiger partial charge in [-0.1, -0.05) is 47.5 Å². The van der Waals surface area contributed by atoms with Gasteiger partial charge in [0, 0.05) is 36.7 Å². The van der Waals surface area contributed by atoms with Crippen LogP contribution in [0.5, 0.6) is 0 Å². The van der Waals surface area contributed by atoms with Gasteiger partial charge in [0.15, 0.2) is 11.5 Å². The third kappa shape index (κ3) is 8.32. The van der Waals surface area contributed by atoms with Crippen molar-refractivity contribution >= 4 is 29.0 Å². The van der Waals surface area contributed by atoms with Gasteiger partial charge in [-0.3, -0.25) is 14.5 Å². The second kappa shape index (κ2) is 14.9. The molecule has 2 heterocycles. The molecule has 210 valence electrons. The molecule has 0 radical (unpaired) electrons. The van der Waals surface area contributed by atoms with Crippen molar-refractivity contribution in [2.45, 2.75) is 97.8 Å². The summed E-state index contributed by atoms with van der Waals surface area (Å²) in [5.74, 6) is -0.599. The Morgan fingerprint density at radius 3 is 2.51 bits per heavy atom. The molecule has 37 heavy (non-hydrogen) atoms. The van der Waals surface area contributed by atoms with Gasteiger partial charge < -0.3 is 14.7 Å². The van der Waals surface area contributed by atoms with E-state index in [-0.39, 0.29) is 53.6 Å². The highest BCUT2D eigenvalue weighted by molar-refractivity contribution is 7.09. The number of Topliss-reactive ketones (excluding diaryl/α,β-unsaturated/α-hetero) is 1. The number of esters is 1. The van der Waals surface area contributed by atoms with Crippen LogP contribution in [-0.2, 0) is 14.3 Å². The van der Waals surface area contributed by atoms with Gasteiger partial charge in [-0.2, -0.15) is 0 Å². The molecular formula is C28H47N3O5S. The molecule has 0 bridgehead atoms. The first-order valence-corrected chi connectivity index (χ1v) is 14.7. The van der Waals surface area contributed by atoms with Gasteiger partial charge in [-0.05, 0) is 44.7 Å². The van der Waals surface area contributed by atoms with Crippen molar-refractivity contribution < 1.29 is 24.2 Å². The number of ether oxygens (including phenoxy) is 1. The molecule has 1 N–H and O–H groups in total. The maximum absolute atomic E-state index is 14.1. The van der Waals surface area contributed by atoms with Crippen LogP contribution in [0.15, 0.2) is 5.38 Å². The van der Waals surface area contributed by atoms with Crippen LogP contribution in [0.3, 0.4) is 0 Å². The number of likely N-dealkylation sites (N-methyl/N-ethyl adjacent to an activating group) is 1. The fraction of sp³-hybridized carbons (Fsp3) is 0.786. The van der Waals surface area contributed by atoms with Crippen LogP contribution in [0, 0.1) is 17.8 Å². The van der Waals surface area contributed by atoms with Crippen LogP contribution in [0.1, 0.15) is 101 Å². The number of amides is 1. The number of aliphatic hydroxyl groups excluding tert-OH is 1. The van der Waals surface area contributed by atoms with Gasteiger partial charge in [-0.25, -0.2) is 9.78 Å². The average Bonchev–Trinajstić information content (AvgIpc) is 3.38. The van der Waals surface area contributed by atoms with Crippen molar-refractivity contribution in [3.63, 3.8) is 0 Å². The molecule has 0 aromatic carbocycles. The predicted octanol–water partition coefficient (Wildman–Crippen LogP) is 4.72. The zero-order valence-electron chi connectivity index (χ0n) is 23.7. The van der Waals surface area contributed by atoms with Crippen molar-refractivity contribution in [1.29, 1.82) is 0 Å². The second-order valence-corrected chi connectivity index (χ2v) is 11.7. The molecule has 1 fully saturated rings. The maximum Gasteiger partial charge on any atom is 0.357 e. The molecule has 1 aliphatic heterocycles.